The summed E-state index contributed by atoms with van der Waals surface area (Å²) in [5.74, 6) is 0. The number of nitrogens with zero attached hydrogens (tertiary/aromatic N) is 1. The Labute approximate surface area is 111 Å². The van der Waals surface area contributed by atoms with Gasteiger partial charge in [-0.1, -0.05) is 41.1 Å². The zero-order valence-corrected chi connectivity index (χ0v) is 12.4. The standard InChI is InChI=1S/C11H17BrN2O2S/c1-3-8-13-17(15,16)14(2)9-10-6-4-5-7-11(10)12/h4-7,13H,3,8-9H2,1-2H3. The van der Waals surface area contributed by atoms with Crippen molar-refractivity contribution in [3.8, 4) is 0 Å². The van der Waals surface area contributed by atoms with E-state index >= 15 is 0 Å². The predicted molar refractivity (Wildman–Crippen MR) is 72.8 cm³/mol. The fraction of sp³-hybridized carbons (Fsp3) is 0.455. The van der Waals surface area contributed by atoms with Crippen LogP contribution >= 0.6 is 15.9 Å². The lowest BCUT2D eigenvalue weighted by molar-refractivity contribution is 0.454. The van der Waals surface area contributed by atoms with Crippen molar-refractivity contribution in [3.05, 3.63) is 34.3 Å². The second-order valence-corrected chi connectivity index (χ2v) is 6.46. The number of halogens is 1. The van der Waals surface area contributed by atoms with Gasteiger partial charge in [0.25, 0.3) is 10.2 Å². The van der Waals surface area contributed by atoms with Crippen LogP contribution in [0.3, 0.4) is 0 Å². The highest BCUT2D eigenvalue weighted by atomic mass is 79.9. The van der Waals surface area contributed by atoms with E-state index < -0.39 is 10.2 Å². The first-order chi connectivity index (χ1) is 7.97. The van der Waals surface area contributed by atoms with Gasteiger partial charge < -0.3 is 0 Å². The van der Waals surface area contributed by atoms with Crippen molar-refractivity contribution in [1.29, 1.82) is 0 Å². The Morgan fingerprint density at radius 3 is 2.59 bits per heavy atom. The quantitative estimate of drug-likeness (QED) is 0.872. The molecule has 4 nitrogen and oxygen atoms in total. The van der Waals surface area contributed by atoms with Gasteiger partial charge in [-0.25, -0.2) is 4.72 Å². The summed E-state index contributed by atoms with van der Waals surface area (Å²) >= 11 is 3.40. The van der Waals surface area contributed by atoms with Gasteiger partial charge in [-0.2, -0.15) is 12.7 Å². The van der Waals surface area contributed by atoms with Crippen LogP contribution < -0.4 is 4.72 Å². The highest BCUT2D eigenvalue weighted by molar-refractivity contribution is 9.10. The fourth-order valence-electron chi connectivity index (χ4n) is 1.29. The molecule has 6 heteroatoms. The van der Waals surface area contributed by atoms with E-state index in [1.807, 2.05) is 31.2 Å². The third kappa shape index (κ3) is 4.39. The Hall–Kier alpha value is -0.430. The average molecular weight is 321 g/mol. The molecule has 0 radical (unpaired) electrons. The summed E-state index contributed by atoms with van der Waals surface area (Å²) < 4.78 is 28.4. The van der Waals surface area contributed by atoms with E-state index in [1.54, 1.807) is 7.05 Å². The lowest BCUT2D eigenvalue weighted by atomic mass is 10.2. The van der Waals surface area contributed by atoms with Crippen LogP contribution in [0.4, 0.5) is 0 Å². The molecule has 0 aliphatic carbocycles. The van der Waals surface area contributed by atoms with Crippen LogP contribution in [0.2, 0.25) is 0 Å². The third-order valence-corrected chi connectivity index (χ3v) is 4.59. The molecule has 1 aromatic rings. The monoisotopic (exact) mass is 320 g/mol. The molecule has 0 bridgehead atoms. The van der Waals surface area contributed by atoms with Gasteiger partial charge >= 0.3 is 0 Å². The molecular weight excluding hydrogens is 304 g/mol. The Kier molecular flexibility index (Phi) is 5.58. The van der Waals surface area contributed by atoms with E-state index in [0.29, 0.717) is 13.1 Å². The van der Waals surface area contributed by atoms with Crippen molar-refractivity contribution in [3.63, 3.8) is 0 Å². The van der Waals surface area contributed by atoms with Gasteiger partial charge in [-0.3, -0.25) is 0 Å². The van der Waals surface area contributed by atoms with E-state index in [-0.39, 0.29) is 0 Å². The summed E-state index contributed by atoms with van der Waals surface area (Å²) in [4.78, 5) is 0. The van der Waals surface area contributed by atoms with Gasteiger partial charge in [-0.05, 0) is 18.1 Å². The van der Waals surface area contributed by atoms with Crippen LogP contribution in [0.5, 0.6) is 0 Å². The molecule has 0 heterocycles. The van der Waals surface area contributed by atoms with Crippen molar-refractivity contribution < 1.29 is 8.42 Å². The first kappa shape index (κ1) is 14.6. The number of hydrogen-bond acceptors (Lipinski definition) is 2. The zero-order chi connectivity index (χ0) is 12.9. The molecule has 1 aromatic carbocycles. The summed E-state index contributed by atoms with van der Waals surface area (Å²) in [6.07, 6.45) is 0.780. The summed E-state index contributed by atoms with van der Waals surface area (Å²) in [6, 6.07) is 7.59. The molecule has 0 aliphatic heterocycles. The van der Waals surface area contributed by atoms with Crippen molar-refractivity contribution >= 4 is 26.1 Å². The summed E-state index contributed by atoms with van der Waals surface area (Å²) in [7, 11) is -1.81. The van der Waals surface area contributed by atoms with Crippen molar-refractivity contribution in [2.75, 3.05) is 13.6 Å². The van der Waals surface area contributed by atoms with E-state index in [0.717, 1.165) is 16.5 Å². The van der Waals surface area contributed by atoms with Crippen molar-refractivity contribution in [2.45, 2.75) is 19.9 Å². The Morgan fingerprint density at radius 2 is 2.00 bits per heavy atom. The van der Waals surface area contributed by atoms with Gasteiger partial charge in [0.2, 0.25) is 0 Å². The van der Waals surface area contributed by atoms with Crippen LogP contribution in [0, 0.1) is 0 Å². The molecule has 96 valence electrons. The molecule has 0 saturated carbocycles. The maximum atomic E-state index is 11.8. The molecule has 0 amide bonds. The molecule has 0 unspecified atom stereocenters. The number of benzene rings is 1. The van der Waals surface area contributed by atoms with Crippen LogP contribution in [0.25, 0.3) is 0 Å². The van der Waals surface area contributed by atoms with Crippen molar-refractivity contribution in [2.24, 2.45) is 0 Å². The van der Waals surface area contributed by atoms with E-state index in [2.05, 4.69) is 20.7 Å². The van der Waals surface area contributed by atoms with Gasteiger partial charge in [0.1, 0.15) is 0 Å². The highest BCUT2D eigenvalue weighted by Crippen LogP contribution is 2.17. The zero-order valence-electron chi connectivity index (χ0n) is 9.98. The second kappa shape index (κ2) is 6.49. The van der Waals surface area contributed by atoms with Gasteiger partial charge in [0.05, 0.1) is 0 Å². The molecule has 17 heavy (non-hydrogen) atoms. The van der Waals surface area contributed by atoms with Crippen LogP contribution in [0.1, 0.15) is 18.9 Å². The smallest absolute Gasteiger partial charge is 0.202 e. The summed E-state index contributed by atoms with van der Waals surface area (Å²) in [5, 5.41) is 0. The topological polar surface area (TPSA) is 49.4 Å². The van der Waals surface area contributed by atoms with E-state index in [1.165, 1.54) is 4.31 Å². The third-order valence-electron chi connectivity index (χ3n) is 2.30. The molecule has 0 fully saturated rings. The molecular formula is C11H17BrN2O2S. The first-order valence-corrected chi connectivity index (χ1v) is 7.65. The predicted octanol–water partition coefficient (Wildman–Crippen LogP) is 2.13. The van der Waals surface area contributed by atoms with E-state index in [4.69, 9.17) is 0 Å². The molecule has 0 aliphatic rings. The number of rotatable bonds is 6. The maximum absolute atomic E-state index is 11.8. The molecule has 1 N–H and O–H groups in total. The lowest BCUT2D eigenvalue weighted by Crippen LogP contribution is -2.38. The van der Waals surface area contributed by atoms with Crippen LogP contribution in [0.15, 0.2) is 28.7 Å². The largest absolute Gasteiger partial charge is 0.279 e. The molecule has 1 rings (SSSR count). The minimum absolute atomic E-state index is 0.348. The SMILES string of the molecule is CCCNS(=O)(=O)N(C)Cc1ccccc1Br. The number of nitrogens with one attached hydrogen (secondary N) is 1. The van der Waals surface area contributed by atoms with Gasteiger partial charge in [0.15, 0.2) is 0 Å². The van der Waals surface area contributed by atoms with E-state index in [9.17, 15) is 8.42 Å². The normalized spacial score (nSPS) is 12.0. The molecule has 0 spiro atoms. The lowest BCUT2D eigenvalue weighted by Gasteiger charge is -2.18. The first-order valence-electron chi connectivity index (χ1n) is 5.41. The van der Waals surface area contributed by atoms with Crippen LogP contribution in [-0.4, -0.2) is 26.3 Å². The van der Waals surface area contributed by atoms with Gasteiger partial charge in [-0.15, -0.1) is 0 Å². The summed E-state index contributed by atoms with van der Waals surface area (Å²) in [5.41, 5.74) is 0.942. The number of hydrogen-bond donors (Lipinski definition) is 1. The molecule has 0 atom stereocenters. The second-order valence-electron chi connectivity index (χ2n) is 3.75. The Morgan fingerprint density at radius 1 is 1.35 bits per heavy atom. The maximum Gasteiger partial charge on any atom is 0.279 e. The Bertz CT molecular complexity index is 462. The molecule has 0 aromatic heterocycles. The minimum atomic E-state index is -3.37. The van der Waals surface area contributed by atoms with Crippen molar-refractivity contribution in [1.82, 2.24) is 9.03 Å². The van der Waals surface area contributed by atoms with Crippen LogP contribution in [-0.2, 0) is 16.8 Å². The van der Waals surface area contributed by atoms with Gasteiger partial charge in [0, 0.05) is 24.6 Å². The Balaban J connectivity index is 2.72. The summed E-state index contributed by atoms with van der Waals surface area (Å²) in [6.45, 7) is 2.74. The molecule has 0 saturated heterocycles. The highest BCUT2D eigenvalue weighted by Gasteiger charge is 2.17. The minimum Gasteiger partial charge on any atom is -0.202 e. The fourth-order valence-corrected chi connectivity index (χ4v) is 2.69. The average Bonchev–Trinajstić information content (AvgIpc) is 2.29.